The summed E-state index contributed by atoms with van der Waals surface area (Å²) in [5, 5.41) is 22.0. The molecule has 0 aliphatic rings. The number of carbonyl (C=O) groups excluding carboxylic acids is 1. The van der Waals surface area contributed by atoms with Gasteiger partial charge in [0, 0.05) is 33.3 Å². The zero-order valence-electron chi connectivity index (χ0n) is 17.7. The maximum Gasteiger partial charge on any atom is 0.229 e. The zero-order chi connectivity index (χ0) is 21.3. The minimum Gasteiger partial charge on any atom is -0.388 e. The fourth-order valence-electron chi connectivity index (χ4n) is 2.55. The van der Waals surface area contributed by atoms with E-state index in [9.17, 15) is 9.90 Å². The molecule has 0 aliphatic heterocycles. The van der Waals surface area contributed by atoms with E-state index in [1.54, 1.807) is 16.6 Å². The van der Waals surface area contributed by atoms with E-state index in [-0.39, 0.29) is 18.2 Å². The van der Waals surface area contributed by atoms with Crippen LogP contribution in [0.5, 0.6) is 0 Å². The SMILES string of the molecule is C=C(CN/N=C(/N)CC(=O)N(C)CC)c1cc(NCC(C)(O)CCC)n(C)n1. The van der Waals surface area contributed by atoms with Crippen molar-refractivity contribution < 1.29 is 9.90 Å². The number of hydrogen-bond donors (Lipinski definition) is 4. The van der Waals surface area contributed by atoms with Crippen LogP contribution in [-0.2, 0) is 11.8 Å². The van der Waals surface area contributed by atoms with E-state index in [4.69, 9.17) is 5.73 Å². The molecule has 0 spiro atoms. The number of rotatable bonds is 12. The highest BCUT2D eigenvalue weighted by atomic mass is 16.3. The lowest BCUT2D eigenvalue weighted by molar-refractivity contribution is -0.128. The van der Waals surface area contributed by atoms with Crippen molar-refractivity contribution >= 4 is 23.1 Å². The van der Waals surface area contributed by atoms with E-state index in [0.29, 0.717) is 25.3 Å². The molecule has 0 radical (unpaired) electrons. The van der Waals surface area contributed by atoms with Gasteiger partial charge in [-0.2, -0.15) is 10.2 Å². The molecule has 28 heavy (non-hydrogen) atoms. The third kappa shape index (κ3) is 7.59. The Labute approximate surface area is 167 Å². The number of anilines is 1. The largest absolute Gasteiger partial charge is 0.388 e. The minimum atomic E-state index is -0.771. The average molecular weight is 394 g/mol. The van der Waals surface area contributed by atoms with Crippen molar-refractivity contribution in [2.24, 2.45) is 17.9 Å². The molecule has 0 aliphatic carbocycles. The van der Waals surface area contributed by atoms with Gasteiger partial charge in [-0.1, -0.05) is 19.9 Å². The summed E-state index contributed by atoms with van der Waals surface area (Å²) in [6, 6.07) is 1.87. The van der Waals surface area contributed by atoms with Crippen molar-refractivity contribution in [3.8, 4) is 0 Å². The lowest BCUT2D eigenvalue weighted by Gasteiger charge is -2.23. The maximum atomic E-state index is 11.8. The molecule has 0 aromatic carbocycles. The Hall–Kier alpha value is -2.55. The summed E-state index contributed by atoms with van der Waals surface area (Å²) >= 11 is 0. The van der Waals surface area contributed by atoms with Gasteiger partial charge >= 0.3 is 0 Å². The first-order chi connectivity index (χ1) is 13.1. The van der Waals surface area contributed by atoms with Crippen molar-refractivity contribution in [2.75, 3.05) is 32.0 Å². The van der Waals surface area contributed by atoms with Crippen molar-refractivity contribution in [2.45, 2.75) is 45.6 Å². The molecule has 158 valence electrons. The van der Waals surface area contributed by atoms with Crippen molar-refractivity contribution in [3.63, 3.8) is 0 Å². The van der Waals surface area contributed by atoms with Gasteiger partial charge in [0.15, 0.2) is 0 Å². The summed E-state index contributed by atoms with van der Waals surface area (Å²) < 4.78 is 1.71. The molecule has 1 atom stereocenters. The van der Waals surface area contributed by atoms with Crippen LogP contribution in [0.25, 0.3) is 5.57 Å². The fraction of sp³-hybridized carbons (Fsp3) is 0.632. The third-order valence-electron chi connectivity index (χ3n) is 4.43. The van der Waals surface area contributed by atoms with Crippen LogP contribution in [0.3, 0.4) is 0 Å². The van der Waals surface area contributed by atoms with Gasteiger partial charge in [0.25, 0.3) is 0 Å². The topological polar surface area (TPSA) is 121 Å². The molecule has 0 bridgehead atoms. The summed E-state index contributed by atoms with van der Waals surface area (Å²) in [7, 11) is 3.55. The first-order valence-electron chi connectivity index (χ1n) is 9.57. The Kier molecular flexibility index (Phi) is 8.98. The second kappa shape index (κ2) is 10.7. The number of amides is 1. The van der Waals surface area contributed by atoms with Crippen molar-refractivity contribution in [3.05, 3.63) is 18.3 Å². The summed E-state index contributed by atoms with van der Waals surface area (Å²) in [4.78, 5) is 13.4. The number of aryl methyl sites for hydroxylation is 1. The monoisotopic (exact) mass is 393 g/mol. The Morgan fingerprint density at radius 1 is 1.50 bits per heavy atom. The van der Waals surface area contributed by atoms with Gasteiger partial charge in [-0.3, -0.25) is 9.48 Å². The van der Waals surface area contributed by atoms with Gasteiger partial charge in [-0.25, -0.2) is 0 Å². The summed E-state index contributed by atoms with van der Waals surface area (Å²) in [6.07, 6.45) is 1.70. The molecule has 1 amide bonds. The Bertz CT molecular complexity index is 694. The zero-order valence-corrected chi connectivity index (χ0v) is 17.7. The van der Waals surface area contributed by atoms with Crippen LogP contribution in [0.2, 0.25) is 0 Å². The number of carbonyl (C=O) groups is 1. The Morgan fingerprint density at radius 2 is 2.18 bits per heavy atom. The van der Waals surface area contributed by atoms with Crippen molar-refractivity contribution in [1.29, 1.82) is 0 Å². The predicted octanol–water partition coefficient (Wildman–Crippen LogP) is 1.13. The van der Waals surface area contributed by atoms with Gasteiger partial charge in [-0.15, -0.1) is 0 Å². The highest BCUT2D eigenvalue weighted by molar-refractivity contribution is 5.98. The molecule has 9 nitrogen and oxygen atoms in total. The molecule has 1 unspecified atom stereocenters. The lowest BCUT2D eigenvalue weighted by Crippen LogP contribution is -2.33. The van der Waals surface area contributed by atoms with E-state index < -0.39 is 5.60 Å². The lowest BCUT2D eigenvalue weighted by atomic mass is 10.0. The molecule has 1 rings (SSSR count). The molecule has 1 aromatic heterocycles. The standard InChI is InChI=1S/C19H35N7O2/c1-7-9-19(4,28)13-21-17-10-15(24-26(17)6)14(3)12-22-23-16(20)11-18(27)25(5)8-2/h10,21-22,28H,3,7-9,11-13H2,1-2,4-6H3,(H2,20,23). The Balaban J connectivity index is 2.57. The Morgan fingerprint density at radius 3 is 2.79 bits per heavy atom. The molecular weight excluding hydrogens is 358 g/mol. The molecule has 5 N–H and O–H groups in total. The average Bonchev–Trinajstić information content (AvgIpc) is 3.00. The maximum absolute atomic E-state index is 11.8. The summed E-state index contributed by atoms with van der Waals surface area (Å²) in [6.45, 7) is 11.2. The van der Waals surface area contributed by atoms with E-state index in [0.717, 1.165) is 24.2 Å². The molecule has 1 heterocycles. The molecule has 0 fully saturated rings. The van der Waals surface area contributed by atoms with Gasteiger partial charge < -0.3 is 26.5 Å². The molecule has 9 heteroatoms. The fourth-order valence-corrected chi connectivity index (χ4v) is 2.55. The van der Waals surface area contributed by atoms with Crippen LogP contribution in [-0.4, -0.2) is 63.8 Å². The van der Waals surface area contributed by atoms with Crippen molar-refractivity contribution in [1.82, 2.24) is 20.1 Å². The smallest absolute Gasteiger partial charge is 0.229 e. The first-order valence-corrected chi connectivity index (χ1v) is 9.57. The van der Waals surface area contributed by atoms with Gasteiger partial charge in [-0.05, 0) is 25.8 Å². The minimum absolute atomic E-state index is 0.0686. The van der Waals surface area contributed by atoms with Gasteiger partial charge in [0.05, 0.1) is 24.3 Å². The predicted molar refractivity (Wildman–Crippen MR) is 114 cm³/mol. The molecular formula is C19H35N7O2. The third-order valence-corrected chi connectivity index (χ3v) is 4.43. The number of aliphatic hydroxyl groups is 1. The molecule has 0 saturated heterocycles. The van der Waals surface area contributed by atoms with Crippen LogP contribution in [0.4, 0.5) is 5.82 Å². The summed E-state index contributed by atoms with van der Waals surface area (Å²) in [5.41, 5.74) is 9.29. The number of aromatic nitrogens is 2. The van der Waals surface area contributed by atoms with E-state index >= 15 is 0 Å². The van der Waals surface area contributed by atoms with Gasteiger partial charge in [0.1, 0.15) is 11.7 Å². The van der Waals surface area contributed by atoms with E-state index in [2.05, 4.69) is 27.5 Å². The summed E-state index contributed by atoms with van der Waals surface area (Å²) in [5.74, 6) is 0.937. The number of hydrogen-bond acceptors (Lipinski definition) is 6. The number of hydrazone groups is 1. The van der Waals surface area contributed by atoms with Crippen LogP contribution < -0.4 is 16.5 Å². The van der Waals surface area contributed by atoms with E-state index in [1.807, 2.05) is 33.9 Å². The number of nitrogens with two attached hydrogens (primary N) is 1. The second-order valence-corrected chi connectivity index (χ2v) is 7.27. The van der Waals surface area contributed by atoms with Crippen LogP contribution in [0.1, 0.15) is 45.7 Å². The van der Waals surface area contributed by atoms with Crippen LogP contribution in [0.15, 0.2) is 17.7 Å². The highest BCUT2D eigenvalue weighted by Crippen LogP contribution is 2.18. The number of nitrogens with one attached hydrogen (secondary N) is 2. The number of amidine groups is 1. The normalized spacial score (nSPS) is 13.7. The number of nitrogens with zero attached hydrogens (tertiary/aromatic N) is 4. The van der Waals surface area contributed by atoms with Crippen LogP contribution in [0, 0.1) is 0 Å². The second-order valence-electron chi connectivity index (χ2n) is 7.27. The quantitative estimate of drug-likeness (QED) is 0.240. The van der Waals surface area contributed by atoms with Gasteiger partial charge in [0.2, 0.25) is 5.91 Å². The molecule has 1 aromatic rings. The van der Waals surface area contributed by atoms with Crippen LogP contribution >= 0.6 is 0 Å². The first kappa shape index (κ1) is 23.5. The van der Waals surface area contributed by atoms with E-state index in [1.165, 1.54) is 0 Å². The molecule has 0 saturated carbocycles. The highest BCUT2D eigenvalue weighted by Gasteiger charge is 2.19.